The highest BCUT2D eigenvalue weighted by molar-refractivity contribution is 5.89. The van der Waals surface area contributed by atoms with Crippen LogP contribution in [0.25, 0.3) is 0 Å². The van der Waals surface area contributed by atoms with E-state index in [1.165, 1.54) is 0 Å². The molecule has 1 N–H and O–H groups in total. The molecule has 1 aliphatic carbocycles. The zero-order chi connectivity index (χ0) is 15.4. The predicted octanol–water partition coefficient (Wildman–Crippen LogP) is 3.46. The van der Waals surface area contributed by atoms with E-state index < -0.39 is 6.09 Å². The number of hydrogen-bond acceptors (Lipinski definition) is 3. The van der Waals surface area contributed by atoms with Gasteiger partial charge in [-0.3, -0.25) is 4.79 Å². The van der Waals surface area contributed by atoms with Crippen molar-refractivity contribution in [1.29, 1.82) is 0 Å². The van der Waals surface area contributed by atoms with Gasteiger partial charge in [0, 0.05) is 17.9 Å². The van der Waals surface area contributed by atoms with Gasteiger partial charge in [0.15, 0.2) is 0 Å². The van der Waals surface area contributed by atoms with Crippen LogP contribution >= 0.6 is 0 Å². The molecular formula is C16H27NO3. The second kappa shape index (κ2) is 6.42. The zero-order valence-electron chi connectivity index (χ0n) is 13.3. The second-order valence-corrected chi connectivity index (χ2v) is 6.86. The summed E-state index contributed by atoms with van der Waals surface area (Å²) in [7, 11) is 1.55. The maximum Gasteiger partial charge on any atom is 0.407 e. The number of allylic oxidation sites excluding steroid dienone is 1. The second-order valence-electron chi connectivity index (χ2n) is 6.86. The van der Waals surface area contributed by atoms with Crippen LogP contribution in [0.4, 0.5) is 4.79 Å². The number of Topliss-reactive ketones (excluding diaryl/α,β-unsaturated/α-hetero) is 1. The molecule has 4 nitrogen and oxygen atoms in total. The van der Waals surface area contributed by atoms with E-state index in [4.69, 9.17) is 4.74 Å². The van der Waals surface area contributed by atoms with Crippen LogP contribution in [-0.2, 0) is 9.53 Å². The lowest BCUT2D eigenvalue weighted by molar-refractivity contribution is -0.136. The number of carbonyl (C=O) groups excluding carboxylic acids is 2. The summed E-state index contributed by atoms with van der Waals surface area (Å²) in [6.45, 7) is 7.96. The third-order valence-corrected chi connectivity index (χ3v) is 3.83. The van der Waals surface area contributed by atoms with Crippen molar-refractivity contribution in [3.8, 4) is 0 Å². The molecule has 1 aliphatic rings. The number of rotatable bonds is 2. The van der Waals surface area contributed by atoms with Gasteiger partial charge in [-0.1, -0.05) is 33.8 Å². The van der Waals surface area contributed by atoms with Crippen molar-refractivity contribution in [2.45, 2.75) is 59.5 Å². The summed E-state index contributed by atoms with van der Waals surface area (Å²) in [4.78, 5) is 23.8. The normalized spacial score (nSPS) is 28.9. The Labute approximate surface area is 122 Å². The maximum atomic E-state index is 12.6. The van der Waals surface area contributed by atoms with E-state index in [0.29, 0.717) is 12.2 Å². The summed E-state index contributed by atoms with van der Waals surface area (Å²) in [5, 5.41) is 2.45. The molecule has 0 aromatic rings. The number of ether oxygens (including phenoxy) is 1. The lowest BCUT2D eigenvalue weighted by atomic mass is 9.68. The number of amides is 1. The molecule has 0 saturated carbocycles. The van der Waals surface area contributed by atoms with Gasteiger partial charge >= 0.3 is 6.09 Å². The Morgan fingerprint density at radius 3 is 2.55 bits per heavy atom. The Kier molecular flexibility index (Phi) is 5.37. The standard InChI is InChI=1S/C16H27NO3/c1-15(2,3)13(18)16(4)10-6-8-12(9-7-11-16)20-14(19)17-5/h6,8,12H,7,9-11H2,1-5H3,(H,17,19)/b8-6+. The van der Waals surface area contributed by atoms with E-state index >= 15 is 0 Å². The van der Waals surface area contributed by atoms with Gasteiger partial charge in [-0.15, -0.1) is 0 Å². The molecule has 20 heavy (non-hydrogen) atoms. The van der Waals surface area contributed by atoms with Gasteiger partial charge in [-0.2, -0.15) is 0 Å². The highest BCUT2D eigenvalue weighted by atomic mass is 16.6. The first-order valence-corrected chi connectivity index (χ1v) is 7.29. The van der Waals surface area contributed by atoms with Gasteiger partial charge in [0.05, 0.1) is 0 Å². The topological polar surface area (TPSA) is 55.4 Å². The predicted molar refractivity (Wildman–Crippen MR) is 79.5 cm³/mol. The Morgan fingerprint density at radius 1 is 1.35 bits per heavy atom. The number of carbonyl (C=O) groups is 2. The van der Waals surface area contributed by atoms with E-state index in [9.17, 15) is 9.59 Å². The molecule has 1 amide bonds. The Balaban J connectivity index is 2.74. The fraction of sp³-hybridized carbons (Fsp3) is 0.750. The van der Waals surface area contributed by atoms with E-state index in [-0.39, 0.29) is 16.9 Å². The third-order valence-electron chi connectivity index (χ3n) is 3.83. The summed E-state index contributed by atoms with van der Waals surface area (Å²) < 4.78 is 5.25. The highest BCUT2D eigenvalue weighted by Crippen LogP contribution is 2.38. The fourth-order valence-electron chi connectivity index (χ4n) is 2.78. The molecule has 0 radical (unpaired) electrons. The molecule has 0 spiro atoms. The lowest BCUT2D eigenvalue weighted by Gasteiger charge is -2.35. The summed E-state index contributed by atoms with van der Waals surface area (Å²) in [5.74, 6) is 0.306. The van der Waals surface area contributed by atoms with Gasteiger partial charge in [-0.25, -0.2) is 4.79 Å². The van der Waals surface area contributed by atoms with Crippen LogP contribution in [-0.4, -0.2) is 25.0 Å². The molecule has 0 aliphatic heterocycles. The average molecular weight is 281 g/mol. The first-order chi connectivity index (χ1) is 9.19. The van der Waals surface area contributed by atoms with E-state index in [0.717, 1.165) is 19.3 Å². The van der Waals surface area contributed by atoms with Gasteiger partial charge in [0.25, 0.3) is 0 Å². The van der Waals surface area contributed by atoms with Gasteiger partial charge < -0.3 is 10.1 Å². The van der Waals surface area contributed by atoms with Crippen molar-refractivity contribution >= 4 is 11.9 Å². The molecular weight excluding hydrogens is 254 g/mol. The first-order valence-electron chi connectivity index (χ1n) is 7.29. The van der Waals surface area contributed by atoms with Crippen molar-refractivity contribution in [2.24, 2.45) is 10.8 Å². The minimum Gasteiger partial charge on any atom is -0.442 e. The van der Waals surface area contributed by atoms with Crippen molar-refractivity contribution in [3.05, 3.63) is 12.2 Å². The number of alkyl carbamates (subject to hydrolysis) is 1. The summed E-state index contributed by atoms with van der Waals surface area (Å²) in [6, 6.07) is 0. The quantitative estimate of drug-likeness (QED) is 0.789. The number of nitrogens with one attached hydrogen (secondary N) is 1. The minimum absolute atomic E-state index is 0.191. The van der Waals surface area contributed by atoms with E-state index in [2.05, 4.69) is 5.32 Å². The van der Waals surface area contributed by atoms with Gasteiger partial charge in [0.1, 0.15) is 11.9 Å². The van der Waals surface area contributed by atoms with Gasteiger partial charge in [0.2, 0.25) is 0 Å². The molecule has 1 rings (SSSR count). The van der Waals surface area contributed by atoms with Crippen LogP contribution < -0.4 is 5.32 Å². The average Bonchev–Trinajstić information content (AvgIpc) is 2.33. The van der Waals surface area contributed by atoms with Crippen LogP contribution in [0.5, 0.6) is 0 Å². The smallest absolute Gasteiger partial charge is 0.407 e. The SMILES string of the molecule is CNC(=O)OC1/C=C/CC(C)(C(=O)C(C)(C)C)CCC1. The molecule has 2 unspecified atom stereocenters. The molecule has 0 aromatic carbocycles. The molecule has 0 heterocycles. The summed E-state index contributed by atoms with van der Waals surface area (Å²) in [6.07, 6.45) is 6.47. The molecule has 0 fully saturated rings. The molecule has 0 saturated heterocycles. The Morgan fingerprint density at radius 2 is 2.00 bits per heavy atom. The maximum absolute atomic E-state index is 12.6. The van der Waals surface area contributed by atoms with E-state index in [1.54, 1.807) is 7.05 Å². The zero-order valence-corrected chi connectivity index (χ0v) is 13.3. The fourth-order valence-corrected chi connectivity index (χ4v) is 2.78. The first kappa shape index (κ1) is 16.7. The molecule has 0 bridgehead atoms. The Hall–Kier alpha value is -1.32. The van der Waals surface area contributed by atoms with Gasteiger partial charge in [-0.05, 0) is 31.8 Å². The molecule has 0 aromatic heterocycles. The van der Waals surface area contributed by atoms with Crippen molar-refractivity contribution < 1.29 is 14.3 Å². The third kappa shape index (κ3) is 4.36. The molecule has 114 valence electrons. The number of hydrogen-bond donors (Lipinski definition) is 1. The van der Waals surface area contributed by atoms with Crippen molar-refractivity contribution in [2.75, 3.05) is 7.05 Å². The van der Waals surface area contributed by atoms with Crippen LogP contribution in [0.1, 0.15) is 53.4 Å². The molecule has 2 atom stereocenters. The number of ketones is 1. The molecule has 4 heteroatoms. The Bertz CT molecular complexity index is 395. The minimum atomic E-state index is -0.409. The van der Waals surface area contributed by atoms with Crippen LogP contribution in [0.2, 0.25) is 0 Å². The van der Waals surface area contributed by atoms with Crippen LogP contribution in [0.15, 0.2) is 12.2 Å². The van der Waals surface area contributed by atoms with Crippen LogP contribution in [0.3, 0.4) is 0 Å². The summed E-state index contributed by atoms with van der Waals surface area (Å²) in [5.41, 5.74) is -0.632. The summed E-state index contributed by atoms with van der Waals surface area (Å²) >= 11 is 0. The van der Waals surface area contributed by atoms with Crippen molar-refractivity contribution in [3.63, 3.8) is 0 Å². The largest absolute Gasteiger partial charge is 0.442 e. The van der Waals surface area contributed by atoms with Crippen LogP contribution in [0, 0.1) is 10.8 Å². The van der Waals surface area contributed by atoms with E-state index in [1.807, 2.05) is 39.8 Å². The lowest BCUT2D eigenvalue weighted by Crippen LogP contribution is -2.37. The van der Waals surface area contributed by atoms with Crippen molar-refractivity contribution in [1.82, 2.24) is 5.32 Å². The monoisotopic (exact) mass is 281 g/mol. The highest BCUT2D eigenvalue weighted by Gasteiger charge is 2.39.